The van der Waals surface area contributed by atoms with E-state index >= 15 is 0 Å². The standard InChI is InChI=1S/C27H35FO/c1-18(2)12-19-8-10-22(24-14-21(29-7)9-11-25(24)28)23(13-19)20-15-26(3,4)17-27(5,6)16-20/h8-11,13-15,18H,12,16-17H2,1-7H3. The summed E-state index contributed by atoms with van der Waals surface area (Å²) < 4.78 is 20.3. The fourth-order valence-electron chi connectivity index (χ4n) is 5.09. The van der Waals surface area contributed by atoms with Gasteiger partial charge < -0.3 is 4.74 Å². The van der Waals surface area contributed by atoms with Crippen molar-refractivity contribution in [3.8, 4) is 16.9 Å². The van der Waals surface area contributed by atoms with Crippen molar-refractivity contribution in [3.05, 3.63) is 59.4 Å². The van der Waals surface area contributed by atoms with Crippen molar-refractivity contribution < 1.29 is 9.13 Å². The molecule has 0 radical (unpaired) electrons. The minimum Gasteiger partial charge on any atom is -0.497 e. The molecule has 0 aliphatic heterocycles. The Bertz CT molecular complexity index is 918. The molecule has 0 saturated heterocycles. The van der Waals surface area contributed by atoms with E-state index < -0.39 is 0 Å². The van der Waals surface area contributed by atoms with Gasteiger partial charge in [0.15, 0.2) is 0 Å². The van der Waals surface area contributed by atoms with Crippen molar-refractivity contribution in [2.24, 2.45) is 16.7 Å². The zero-order chi connectivity index (χ0) is 21.4. The number of allylic oxidation sites excluding steroid dienone is 2. The monoisotopic (exact) mass is 394 g/mol. The van der Waals surface area contributed by atoms with E-state index in [1.807, 2.05) is 6.07 Å². The summed E-state index contributed by atoms with van der Waals surface area (Å²) in [6.45, 7) is 13.8. The zero-order valence-corrected chi connectivity index (χ0v) is 19.0. The minimum absolute atomic E-state index is 0.120. The Balaban J connectivity index is 2.22. The smallest absolute Gasteiger partial charge is 0.131 e. The Kier molecular flexibility index (Phi) is 5.94. The van der Waals surface area contributed by atoms with Gasteiger partial charge in [0.05, 0.1) is 7.11 Å². The van der Waals surface area contributed by atoms with Crippen molar-refractivity contribution in [1.82, 2.24) is 0 Å². The largest absolute Gasteiger partial charge is 0.497 e. The first-order valence-electron chi connectivity index (χ1n) is 10.7. The molecule has 2 aromatic rings. The van der Waals surface area contributed by atoms with Gasteiger partial charge in [-0.2, -0.15) is 0 Å². The van der Waals surface area contributed by atoms with E-state index in [0.717, 1.165) is 30.4 Å². The van der Waals surface area contributed by atoms with Crippen molar-refractivity contribution in [2.75, 3.05) is 7.11 Å². The average molecular weight is 395 g/mol. The molecule has 1 aliphatic rings. The summed E-state index contributed by atoms with van der Waals surface area (Å²) in [5.74, 6) is 1.05. The third kappa shape index (κ3) is 5.10. The summed E-state index contributed by atoms with van der Waals surface area (Å²) >= 11 is 0. The van der Waals surface area contributed by atoms with Gasteiger partial charge in [0.2, 0.25) is 0 Å². The molecule has 0 bridgehead atoms. The van der Waals surface area contributed by atoms with Crippen molar-refractivity contribution in [2.45, 2.75) is 60.8 Å². The van der Waals surface area contributed by atoms with Crippen LogP contribution in [0.3, 0.4) is 0 Å². The van der Waals surface area contributed by atoms with Gasteiger partial charge in [-0.25, -0.2) is 4.39 Å². The third-order valence-electron chi connectivity index (χ3n) is 5.71. The van der Waals surface area contributed by atoms with E-state index in [1.54, 1.807) is 13.2 Å². The molecule has 2 aromatic carbocycles. The lowest BCUT2D eigenvalue weighted by Gasteiger charge is -2.40. The van der Waals surface area contributed by atoms with E-state index in [0.29, 0.717) is 17.2 Å². The lowest BCUT2D eigenvalue weighted by molar-refractivity contribution is 0.229. The number of hydrogen-bond donors (Lipinski definition) is 0. The van der Waals surface area contributed by atoms with Crippen LogP contribution in [0.4, 0.5) is 4.39 Å². The van der Waals surface area contributed by atoms with Gasteiger partial charge in [-0.15, -0.1) is 0 Å². The van der Waals surface area contributed by atoms with Gasteiger partial charge >= 0.3 is 0 Å². The van der Waals surface area contributed by atoms with Gasteiger partial charge in [-0.3, -0.25) is 0 Å². The van der Waals surface area contributed by atoms with Gasteiger partial charge in [-0.05, 0) is 76.5 Å². The molecular weight excluding hydrogens is 359 g/mol. The van der Waals surface area contributed by atoms with Gasteiger partial charge in [0.25, 0.3) is 0 Å². The molecule has 0 heterocycles. The molecule has 2 heteroatoms. The van der Waals surface area contributed by atoms with Crippen LogP contribution in [0.5, 0.6) is 5.75 Å². The highest BCUT2D eigenvalue weighted by atomic mass is 19.1. The van der Waals surface area contributed by atoms with E-state index in [4.69, 9.17) is 4.74 Å². The SMILES string of the molecule is COc1ccc(F)c(-c2ccc(CC(C)C)cc2C2=CC(C)(C)CC(C)(C)C2)c1. The highest BCUT2D eigenvalue weighted by Crippen LogP contribution is 2.49. The molecule has 0 fully saturated rings. The van der Waals surface area contributed by atoms with E-state index in [-0.39, 0.29) is 16.6 Å². The van der Waals surface area contributed by atoms with Crippen LogP contribution in [0, 0.1) is 22.6 Å². The lowest BCUT2D eigenvalue weighted by atomic mass is 9.65. The predicted molar refractivity (Wildman–Crippen MR) is 122 cm³/mol. The molecule has 0 unspecified atom stereocenters. The molecule has 1 aliphatic carbocycles. The van der Waals surface area contributed by atoms with Crippen LogP contribution in [0.2, 0.25) is 0 Å². The van der Waals surface area contributed by atoms with Gasteiger partial charge in [0, 0.05) is 5.56 Å². The fraction of sp³-hybridized carbons (Fsp3) is 0.481. The molecule has 156 valence electrons. The van der Waals surface area contributed by atoms with Crippen molar-refractivity contribution in [1.29, 1.82) is 0 Å². The van der Waals surface area contributed by atoms with Crippen LogP contribution in [0.25, 0.3) is 16.7 Å². The lowest BCUT2D eigenvalue weighted by Crippen LogP contribution is -2.26. The molecule has 0 atom stereocenters. The number of hydrogen-bond acceptors (Lipinski definition) is 1. The fourth-order valence-corrected chi connectivity index (χ4v) is 5.09. The first-order valence-corrected chi connectivity index (χ1v) is 10.7. The molecule has 3 rings (SSSR count). The highest BCUT2D eigenvalue weighted by Gasteiger charge is 2.34. The summed E-state index contributed by atoms with van der Waals surface area (Å²) in [7, 11) is 1.62. The highest BCUT2D eigenvalue weighted by molar-refractivity contribution is 5.83. The van der Waals surface area contributed by atoms with Crippen molar-refractivity contribution in [3.63, 3.8) is 0 Å². The van der Waals surface area contributed by atoms with Gasteiger partial charge in [0.1, 0.15) is 11.6 Å². The molecule has 29 heavy (non-hydrogen) atoms. The van der Waals surface area contributed by atoms with Crippen molar-refractivity contribution >= 4 is 5.57 Å². The molecule has 0 aromatic heterocycles. The average Bonchev–Trinajstić information content (AvgIpc) is 2.59. The first-order chi connectivity index (χ1) is 13.5. The second-order valence-electron chi connectivity index (χ2n) is 10.5. The summed E-state index contributed by atoms with van der Waals surface area (Å²) in [5.41, 5.74) is 5.70. The maximum absolute atomic E-state index is 14.9. The quantitative estimate of drug-likeness (QED) is 0.500. The topological polar surface area (TPSA) is 9.23 Å². The Morgan fingerprint density at radius 1 is 0.966 bits per heavy atom. The summed E-state index contributed by atoms with van der Waals surface area (Å²) in [5, 5.41) is 0. The van der Waals surface area contributed by atoms with E-state index in [9.17, 15) is 4.39 Å². The summed E-state index contributed by atoms with van der Waals surface area (Å²) in [6, 6.07) is 11.5. The Labute approximate surface area is 176 Å². The van der Waals surface area contributed by atoms with Crippen LogP contribution in [-0.2, 0) is 6.42 Å². The zero-order valence-electron chi connectivity index (χ0n) is 19.0. The van der Waals surface area contributed by atoms with Crippen LogP contribution >= 0.6 is 0 Å². The maximum atomic E-state index is 14.9. The molecule has 0 amide bonds. The normalized spacial score (nSPS) is 17.9. The van der Waals surface area contributed by atoms with Crippen LogP contribution in [-0.4, -0.2) is 7.11 Å². The predicted octanol–water partition coefficient (Wildman–Crippen LogP) is 7.93. The molecule has 0 saturated carbocycles. The molecule has 0 N–H and O–H groups in total. The molecule has 1 nitrogen and oxygen atoms in total. The number of rotatable bonds is 5. The Morgan fingerprint density at radius 2 is 1.69 bits per heavy atom. The number of benzene rings is 2. The minimum atomic E-state index is -0.210. The van der Waals surface area contributed by atoms with Gasteiger partial charge in [-0.1, -0.05) is 65.8 Å². The summed E-state index contributed by atoms with van der Waals surface area (Å²) in [6.07, 6.45) is 5.58. The number of halogens is 1. The third-order valence-corrected chi connectivity index (χ3v) is 5.71. The summed E-state index contributed by atoms with van der Waals surface area (Å²) in [4.78, 5) is 0. The Hall–Kier alpha value is -2.09. The molecule has 0 spiro atoms. The van der Waals surface area contributed by atoms with Crippen LogP contribution in [0.1, 0.15) is 65.5 Å². The van der Waals surface area contributed by atoms with Crippen LogP contribution in [0.15, 0.2) is 42.5 Å². The Morgan fingerprint density at radius 3 is 2.31 bits per heavy atom. The number of methoxy groups -OCH3 is 1. The second kappa shape index (κ2) is 7.97. The maximum Gasteiger partial charge on any atom is 0.131 e. The van der Waals surface area contributed by atoms with Crippen LogP contribution < -0.4 is 4.74 Å². The second-order valence-corrected chi connectivity index (χ2v) is 10.5. The first kappa shape index (κ1) is 21.6. The molecular formula is C27H35FO. The van der Waals surface area contributed by atoms with E-state index in [2.05, 4.69) is 65.8 Å². The number of ether oxygens (including phenoxy) is 1. The van der Waals surface area contributed by atoms with E-state index in [1.165, 1.54) is 17.2 Å².